The summed E-state index contributed by atoms with van der Waals surface area (Å²) in [5, 5.41) is 6.58. The lowest BCUT2D eigenvalue weighted by Crippen LogP contribution is -2.12. The van der Waals surface area contributed by atoms with E-state index in [2.05, 4.69) is 9.82 Å². The molecule has 0 aliphatic carbocycles. The van der Waals surface area contributed by atoms with Crippen molar-refractivity contribution < 1.29 is 8.42 Å². The summed E-state index contributed by atoms with van der Waals surface area (Å²) in [5.74, 6) is 0.278. The Kier molecular flexibility index (Phi) is 4.19. The van der Waals surface area contributed by atoms with Gasteiger partial charge in [0.05, 0.1) is 6.54 Å². The summed E-state index contributed by atoms with van der Waals surface area (Å²) in [6.07, 6.45) is 1.70. The van der Waals surface area contributed by atoms with Crippen LogP contribution in [0.25, 0.3) is 0 Å². The number of thiophene rings is 1. The second-order valence-electron chi connectivity index (χ2n) is 4.53. The molecule has 114 valence electrons. The number of halogens is 1. The zero-order valence-electron chi connectivity index (χ0n) is 11.3. The first-order valence-electron chi connectivity index (χ1n) is 6.38. The lowest BCUT2D eigenvalue weighted by Gasteiger charge is -2.05. The number of aromatic nitrogens is 2. The molecule has 0 bridgehead atoms. The molecule has 0 unspecified atom stereocenters. The summed E-state index contributed by atoms with van der Waals surface area (Å²) < 4.78 is 28.6. The van der Waals surface area contributed by atoms with Gasteiger partial charge in [0.25, 0.3) is 10.0 Å². The lowest BCUT2D eigenvalue weighted by molar-refractivity contribution is 0.602. The summed E-state index contributed by atoms with van der Waals surface area (Å²) in [6, 6.07) is 12.3. The van der Waals surface area contributed by atoms with Gasteiger partial charge in [-0.15, -0.1) is 11.3 Å². The van der Waals surface area contributed by atoms with Gasteiger partial charge in [-0.25, -0.2) is 8.42 Å². The molecule has 8 heteroatoms. The van der Waals surface area contributed by atoms with Gasteiger partial charge in [0.2, 0.25) is 0 Å². The lowest BCUT2D eigenvalue weighted by atomic mass is 10.2. The predicted molar refractivity (Wildman–Crippen MR) is 87.9 cm³/mol. The molecule has 3 aromatic rings. The molecular formula is C14H12ClN3O2S2. The molecular weight excluding hydrogens is 342 g/mol. The average Bonchev–Trinajstić information content (AvgIpc) is 3.13. The second-order valence-corrected chi connectivity index (χ2v) is 7.79. The van der Waals surface area contributed by atoms with Crippen molar-refractivity contribution in [1.82, 2.24) is 9.78 Å². The first kappa shape index (κ1) is 15.1. The van der Waals surface area contributed by atoms with Crippen LogP contribution < -0.4 is 4.72 Å². The number of rotatable bonds is 5. The Balaban J connectivity index is 1.76. The van der Waals surface area contributed by atoms with E-state index in [0.717, 1.165) is 16.9 Å². The second kappa shape index (κ2) is 6.12. The number of nitrogens with zero attached hydrogens (tertiary/aromatic N) is 2. The molecule has 2 heterocycles. The molecule has 1 aromatic carbocycles. The van der Waals surface area contributed by atoms with Gasteiger partial charge >= 0.3 is 0 Å². The van der Waals surface area contributed by atoms with E-state index >= 15 is 0 Å². The third-order valence-corrected chi connectivity index (χ3v) is 6.05. The third-order valence-electron chi connectivity index (χ3n) is 2.93. The van der Waals surface area contributed by atoms with Gasteiger partial charge in [0, 0.05) is 17.3 Å². The van der Waals surface area contributed by atoms with Crippen molar-refractivity contribution in [3.8, 4) is 0 Å². The van der Waals surface area contributed by atoms with E-state index in [-0.39, 0.29) is 10.0 Å². The smallest absolute Gasteiger partial charge is 0.266 e. The van der Waals surface area contributed by atoms with Crippen LogP contribution in [0.4, 0.5) is 5.82 Å². The van der Waals surface area contributed by atoms with Crippen LogP contribution in [-0.2, 0) is 16.6 Å². The van der Waals surface area contributed by atoms with E-state index in [1.807, 2.05) is 18.2 Å². The Morgan fingerprint density at radius 2 is 2.00 bits per heavy atom. The molecule has 22 heavy (non-hydrogen) atoms. The normalized spacial score (nSPS) is 11.5. The fourth-order valence-electron chi connectivity index (χ4n) is 1.91. The summed E-state index contributed by atoms with van der Waals surface area (Å²) in [5.41, 5.74) is 0.917. The molecule has 0 aliphatic heterocycles. The summed E-state index contributed by atoms with van der Waals surface area (Å²) in [6.45, 7) is 0.473. The fourth-order valence-corrected chi connectivity index (χ4v) is 4.09. The van der Waals surface area contributed by atoms with Crippen molar-refractivity contribution in [2.45, 2.75) is 10.8 Å². The maximum absolute atomic E-state index is 12.1. The Morgan fingerprint density at radius 1 is 1.18 bits per heavy atom. The third kappa shape index (κ3) is 3.32. The fraction of sp³-hybridized carbons (Fsp3) is 0.0714. The van der Waals surface area contributed by atoms with Crippen molar-refractivity contribution in [3.05, 3.63) is 64.6 Å². The summed E-state index contributed by atoms with van der Waals surface area (Å²) in [4.78, 5) is 0. The standard InChI is InChI=1S/C14H12ClN3O2S2/c15-12-5-2-1-4-11(12)10-18-8-7-13(16-18)17-22(19,20)14-6-3-9-21-14/h1-9H,10H2,(H,16,17). The van der Waals surface area contributed by atoms with Crippen molar-refractivity contribution in [1.29, 1.82) is 0 Å². The molecule has 2 aromatic heterocycles. The molecule has 1 N–H and O–H groups in total. The number of hydrogen-bond donors (Lipinski definition) is 1. The van der Waals surface area contributed by atoms with Gasteiger partial charge in [-0.1, -0.05) is 35.9 Å². The van der Waals surface area contributed by atoms with Gasteiger partial charge in [-0.3, -0.25) is 9.40 Å². The predicted octanol–water partition coefficient (Wildman–Crippen LogP) is 3.45. The van der Waals surface area contributed by atoms with Gasteiger partial charge < -0.3 is 0 Å². The van der Waals surface area contributed by atoms with Crippen molar-refractivity contribution >= 4 is 38.8 Å². The molecule has 0 spiro atoms. The minimum Gasteiger partial charge on any atom is -0.266 e. The average molecular weight is 354 g/mol. The maximum Gasteiger partial charge on any atom is 0.272 e. The Hall–Kier alpha value is -1.83. The molecule has 3 rings (SSSR count). The number of benzene rings is 1. The molecule has 0 saturated carbocycles. The van der Waals surface area contributed by atoms with Crippen LogP contribution in [0.5, 0.6) is 0 Å². The Labute approximate surface area is 137 Å². The molecule has 0 radical (unpaired) electrons. The van der Waals surface area contributed by atoms with Crippen molar-refractivity contribution in [2.75, 3.05) is 4.72 Å². The quantitative estimate of drug-likeness (QED) is 0.764. The first-order valence-corrected chi connectivity index (χ1v) is 9.12. The highest BCUT2D eigenvalue weighted by Crippen LogP contribution is 2.20. The zero-order chi connectivity index (χ0) is 15.6. The van der Waals surface area contributed by atoms with E-state index in [1.54, 1.807) is 40.5 Å². The van der Waals surface area contributed by atoms with Gasteiger partial charge in [0.1, 0.15) is 4.21 Å². The summed E-state index contributed by atoms with van der Waals surface area (Å²) in [7, 11) is -3.57. The van der Waals surface area contributed by atoms with Crippen molar-refractivity contribution in [2.24, 2.45) is 0 Å². The van der Waals surface area contributed by atoms with Crippen LogP contribution in [0.3, 0.4) is 0 Å². The first-order chi connectivity index (χ1) is 10.5. The minimum atomic E-state index is -3.57. The molecule has 0 fully saturated rings. The van der Waals surface area contributed by atoms with E-state index < -0.39 is 10.0 Å². The SMILES string of the molecule is O=S(=O)(Nc1ccn(Cc2ccccc2Cl)n1)c1cccs1. The van der Waals surface area contributed by atoms with Gasteiger partial charge in [-0.2, -0.15) is 5.10 Å². The van der Waals surface area contributed by atoms with Crippen molar-refractivity contribution in [3.63, 3.8) is 0 Å². The largest absolute Gasteiger partial charge is 0.272 e. The van der Waals surface area contributed by atoms with Gasteiger partial charge in [-0.05, 0) is 23.1 Å². The van der Waals surface area contributed by atoms with E-state index in [9.17, 15) is 8.42 Å². The highest BCUT2D eigenvalue weighted by molar-refractivity contribution is 7.94. The number of nitrogens with one attached hydrogen (secondary N) is 1. The molecule has 0 saturated heterocycles. The summed E-state index contributed by atoms with van der Waals surface area (Å²) >= 11 is 7.26. The minimum absolute atomic E-state index is 0.258. The number of hydrogen-bond acceptors (Lipinski definition) is 4. The van der Waals surface area contributed by atoms with E-state index in [1.165, 1.54) is 0 Å². The van der Waals surface area contributed by atoms with Crippen LogP contribution in [-0.4, -0.2) is 18.2 Å². The Bertz CT molecular complexity index is 873. The van der Waals surface area contributed by atoms with E-state index in [4.69, 9.17) is 11.6 Å². The molecule has 0 aliphatic rings. The molecule has 0 atom stereocenters. The highest BCUT2D eigenvalue weighted by Gasteiger charge is 2.16. The zero-order valence-corrected chi connectivity index (χ0v) is 13.7. The maximum atomic E-state index is 12.1. The topological polar surface area (TPSA) is 64.0 Å². The monoisotopic (exact) mass is 353 g/mol. The molecule has 0 amide bonds. The highest BCUT2D eigenvalue weighted by atomic mass is 35.5. The number of sulfonamides is 1. The van der Waals surface area contributed by atoms with Crippen LogP contribution in [0.1, 0.15) is 5.56 Å². The van der Waals surface area contributed by atoms with E-state index in [0.29, 0.717) is 11.6 Å². The Morgan fingerprint density at radius 3 is 2.73 bits per heavy atom. The van der Waals surface area contributed by atoms with Crippen LogP contribution >= 0.6 is 22.9 Å². The van der Waals surface area contributed by atoms with Crippen LogP contribution in [0, 0.1) is 0 Å². The van der Waals surface area contributed by atoms with Gasteiger partial charge in [0.15, 0.2) is 5.82 Å². The van der Waals surface area contributed by atoms with Crippen LogP contribution in [0.2, 0.25) is 5.02 Å². The molecule has 5 nitrogen and oxygen atoms in total. The number of anilines is 1. The van der Waals surface area contributed by atoms with Crippen LogP contribution in [0.15, 0.2) is 58.3 Å².